The number of carboxylic acids is 1. The summed E-state index contributed by atoms with van der Waals surface area (Å²) in [4.78, 5) is 47.8. The average molecular weight is 668 g/mol. The number of carboxylic acid groups (broad SMARTS) is 1. The van der Waals surface area contributed by atoms with Crippen LogP contribution in [0.2, 0.25) is 0 Å². The van der Waals surface area contributed by atoms with Gasteiger partial charge in [-0.05, 0) is 73.9 Å². The van der Waals surface area contributed by atoms with E-state index in [1.165, 1.54) is 24.5 Å². The van der Waals surface area contributed by atoms with E-state index in [4.69, 9.17) is 19.3 Å². The van der Waals surface area contributed by atoms with Gasteiger partial charge in [0.05, 0.1) is 31.8 Å². The van der Waals surface area contributed by atoms with E-state index in [-0.39, 0.29) is 18.4 Å². The van der Waals surface area contributed by atoms with E-state index in [9.17, 15) is 14.4 Å². The van der Waals surface area contributed by atoms with Crippen molar-refractivity contribution in [2.45, 2.75) is 56.4 Å². The van der Waals surface area contributed by atoms with E-state index in [2.05, 4.69) is 25.2 Å². The molecule has 2 aromatic carbocycles. The number of methoxy groups -OCH3 is 2. The molecule has 0 radical (unpaired) electrons. The molecule has 6 rings (SSSR count). The fourth-order valence-electron chi connectivity index (χ4n) is 6.80. The number of aryl methyl sites for hydroxylation is 1. The van der Waals surface area contributed by atoms with Crippen LogP contribution in [0.15, 0.2) is 54.9 Å². The molecule has 2 heterocycles. The highest BCUT2D eigenvalue weighted by atomic mass is 16.5. The standard InChI is InChI=1S/C37H41N5O7/c1-42-29-19-25(10-13-28(29)32(24-7-4-5-8-24)33(42)34-38-21-27(48-3)22-39-34)35(45)41-37(15-6-16-37)36(46)40-26-12-9-23(11-14-31(43)44)30(20-26)49-18-17-47-2/h9-14,19-22,24H,4-8,15-18H2,1-3H3,(H,40,46)(H,41,45)(H,43,44)/b14-11+. The van der Waals surface area contributed by atoms with Crippen LogP contribution in [0.5, 0.6) is 11.5 Å². The van der Waals surface area contributed by atoms with Crippen molar-refractivity contribution in [1.29, 1.82) is 0 Å². The van der Waals surface area contributed by atoms with Crippen LogP contribution in [0.3, 0.4) is 0 Å². The molecule has 49 heavy (non-hydrogen) atoms. The smallest absolute Gasteiger partial charge is 0.328 e. The predicted octanol–water partition coefficient (Wildman–Crippen LogP) is 5.72. The lowest BCUT2D eigenvalue weighted by atomic mass is 9.75. The maximum atomic E-state index is 13.8. The third kappa shape index (κ3) is 7.00. The molecular weight excluding hydrogens is 626 g/mol. The second-order valence-corrected chi connectivity index (χ2v) is 12.6. The summed E-state index contributed by atoms with van der Waals surface area (Å²) in [5.41, 5.74) is 3.42. The number of ether oxygens (including phenoxy) is 3. The van der Waals surface area contributed by atoms with Gasteiger partial charge in [-0.3, -0.25) is 9.59 Å². The molecule has 4 aromatic rings. The van der Waals surface area contributed by atoms with Gasteiger partial charge in [0.15, 0.2) is 11.6 Å². The Balaban J connectivity index is 1.25. The highest BCUT2D eigenvalue weighted by molar-refractivity contribution is 6.06. The third-order valence-electron chi connectivity index (χ3n) is 9.56. The van der Waals surface area contributed by atoms with E-state index in [1.807, 2.05) is 25.2 Å². The number of nitrogens with one attached hydrogen (secondary N) is 2. The Labute approximate surface area is 284 Å². The molecule has 0 saturated heterocycles. The van der Waals surface area contributed by atoms with Crippen molar-refractivity contribution in [1.82, 2.24) is 19.9 Å². The van der Waals surface area contributed by atoms with Crippen molar-refractivity contribution in [2.75, 3.05) is 32.8 Å². The number of fused-ring (bicyclic) bond motifs is 1. The highest BCUT2D eigenvalue weighted by Gasteiger charge is 2.45. The number of nitrogens with zero attached hydrogens (tertiary/aromatic N) is 3. The average Bonchev–Trinajstić information content (AvgIpc) is 3.72. The minimum atomic E-state index is -1.09. The number of hydrogen-bond acceptors (Lipinski definition) is 8. The second-order valence-electron chi connectivity index (χ2n) is 12.6. The number of hydrogen-bond donors (Lipinski definition) is 3. The van der Waals surface area contributed by atoms with E-state index < -0.39 is 11.5 Å². The molecule has 2 aliphatic carbocycles. The number of carbonyl (C=O) groups excluding carboxylic acids is 2. The zero-order chi connectivity index (χ0) is 34.5. The zero-order valence-corrected chi connectivity index (χ0v) is 28.0. The molecule has 2 amide bonds. The van der Waals surface area contributed by atoms with Gasteiger partial charge in [0, 0.05) is 54.0 Å². The molecule has 2 saturated carbocycles. The van der Waals surface area contributed by atoms with Crippen LogP contribution >= 0.6 is 0 Å². The molecule has 12 heteroatoms. The number of aliphatic carboxylic acids is 1. The van der Waals surface area contributed by atoms with Gasteiger partial charge in [0.2, 0.25) is 5.91 Å². The molecule has 0 aliphatic heterocycles. The number of carbonyl (C=O) groups is 3. The molecule has 256 valence electrons. The van der Waals surface area contributed by atoms with Gasteiger partial charge in [-0.25, -0.2) is 14.8 Å². The van der Waals surface area contributed by atoms with Crippen LogP contribution in [0.1, 0.15) is 72.3 Å². The molecule has 2 fully saturated rings. The lowest BCUT2D eigenvalue weighted by Gasteiger charge is -2.40. The lowest BCUT2D eigenvalue weighted by molar-refractivity contribution is -0.131. The summed E-state index contributed by atoms with van der Waals surface area (Å²) in [5, 5.41) is 16.1. The van der Waals surface area contributed by atoms with Crippen molar-refractivity contribution in [3.05, 3.63) is 71.6 Å². The Bertz CT molecular complexity index is 1890. The zero-order valence-electron chi connectivity index (χ0n) is 28.0. The van der Waals surface area contributed by atoms with Gasteiger partial charge < -0.3 is 34.5 Å². The van der Waals surface area contributed by atoms with Crippen LogP contribution in [-0.4, -0.2) is 70.4 Å². The van der Waals surface area contributed by atoms with E-state index in [1.54, 1.807) is 44.8 Å². The summed E-state index contributed by atoms with van der Waals surface area (Å²) in [7, 11) is 5.11. The molecule has 0 unspecified atom stereocenters. The molecule has 12 nitrogen and oxygen atoms in total. The molecule has 0 atom stereocenters. The van der Waals surface area contributed by atoms with E-state index in [0.717, 1.165) is 41.9 Å². The molecule has 2 aromatic heterocycles. The minimum absolute atomic E-state index is 0.240. The van der Waals surface area contributed by atoms with Gasteiger partial charge in [-0.2, -0.15) is 0 Å². The maximum absolute atomic E-state index is 13.8. The fourth-order valence-corrected chi connectivity index (χ4v) is 6.80. The van der Waals surface area contributed by atoms with Crippen molar-refractivity contribution in [3.8, 4) is 23.0 Å². The third-order valence-corrected chi connectivity index (χ3v) is 9.56. The summed E-state index contributed by atoms with van der Waals surface area (Å²) in [5.74, 6) is 0.210. The highest BCUT2D eigenvalue weighted by Crippen LogP contribution is 2.44. The molecule has 3 N–H and O–H groups in total. The lowest BCUT2D eigenvalue weighted by Crippen LogP contribution is -2.61. The first-order chi connectivity index (χ1) is 23.7. The quantitative estimate of drug-likeness (QED) is 0.120. The first-order valence-electron chi connectivity index (χ1n) is 16.5. The summed E-state index contributed by atoms with van der Waals surface area (Å²) >= 11 is 0. The number of benzene rings is 2. The summed E-state index contributed by atoms with van der Waals surface area (Å²) < 4.78 is 18.2. The molecule has 0 spiro atoms. The van der Waals surface area contributed by atoms with Gasteiger partial charge in [0.1, 0.15) is 17.9 Å². The molecular formula is C37H41N5O7. The molecule has 0 bridgehead atoms. The Morgan fingerprint density at radius 2 is 1.78 bits per heavy atom. The van der Waals surface area contributed by atoms with Crippen LogP contribution in [0.4, 0.5) is 5.69 Å². The van der Waals surface area contributed by atoms with Crippen LogP contribution in [-0.2, 0) is 21.4 Å². The van der Waals surface area contributed by atoms with Gasteiger partial charge >= 0.3 is 5.97 Å². The summed E-state index contributed by atoms with van der Waals surface area (Å²) in [6.07, 6.45) is 12.1. The van der Waals surface area contributed by atoms with Gasteiger partial charge in [0.25, 0.3) is 5.91 Å². The Hall–Kier alpha value is -5.23. The Morgan fingerprint density at radius 1 is 1.02 bits per heavy atom. The second kappa shape index (κ2) is 14.5. The SMILES string of the molecule is COCCOc1cc(NC(=O)C2(NC(=O)c3ccc4c(C5CCCC5)c(-c5ncc(OC)cn5)n(C)c4c3)CCC2)ccc1/C=C/C(=O)O. The monoisotopic (exact) mass is 667 g/mol. The van der Waals surface area contributed by atoms with Crippen LogP contribution < -0.4 is 20.1 Å². The Morgan fingerprint density at radius 3 is 2.43 bits per heavy atom. The van der Waals surface area contributed by atoms with Gasteiger partial charge in [-0.15, -0.1) is 0 Å². The maximum Gasteiger partial charge on any atom is 0.328 e. The van der Waals surface area contributed by atoms with Crippen molar-refractivity contribution in [2.24, 2.45) is 7.05 Å². The Kier molecular flexibility index (Phi) is 9.95. The first kappa shape index (κ1) is 33.7. The first-order valence-corrected chi connectivity index (χ1v) is 16.5. The topological polar surface area (TPSA) is 154 Å². The van der Waals surface area contributed by atoms with E-state index >= 15 is 0 Å². The normalized spacial score (nSPS) is 15.7. The van der Waals surface area contributed by atoms with Crippen molar-refractivity contribution in [3.63, 3.8) is 0 Å². The van der Waals surface area contributed by atoms with Crippen molar-refractivity contribution < 1.29 is 33.7 Å². The minimum Gasteiger partial charge on any atom is -0.494 e. The van der Waals surface area contributed by atoms with Crippen LogP contribution in [0.25, 0.3) is 28.5 Å². The number of aromatic nitrogens is 3. The number of rotatable bonds is 13. The van der Waals surface area contributed by atoms with Crippen LogP contribution in [0, 0.1) is 0 Å². The van der Waals surface area contributed by atoms with Crippen molar-refractivity contribution >= 4 is 40.4 Å². The fraction of sp³-hybridized carbons (Fsp3) is 0.378. The number of amides is 2. The summed E-state index contributed by atoms with van der Waals surface area (Å²) in [6, 6.07) is 10.7. The van der Waals surface area contributed by atoms with E-state index in [0.29, 0.717) is 59.5 Å². The summed E-state index contributed by atoms with van der Waals surface area (Å²) in [6.45, 7) is 0.574. The predicted molar refractivity (Wildman–Crippen MR) is 185 cm³/mol. The molecule has 2 aliphatic rings. The van der Waals surface area contributed by atoms with Gasteiger partial charge in [-0.1, -0.05) is 18.9 Å². The largest absolute Gasteiger partial charge is 0.494 e. The number of anilines is 1.